The lowest BCUT2D eigenvalue weighted by Crippen LogP contribution is -2.37. The van der Waals surface area contributed by atoms with Crippen LogP contribution in [0.15, 0.2) is 29.2 Å². The highest BCUT2D eigenvalue weighted by Gasteiger charge is 2.20. The van der Waals surface area contributed by atoms with Gasteiger partial charge in [-0.05, 0) is 57.5 Å². The second kappa shape index (κ2) is 9.36. The van der Waals surface area contributed by atoms with Gasteiger partial charge in [0.1, 0.15) is 0 Å². The van der Waals surface area contributed by atoms with E-state index in [9.17, 15) is 13.2 Å². The minimum atomic E-state index is -3.54. The molecule has 0 aromatic heterocycles. The standard InChI is InChI=1S/C16H25N3O3S.ClH/c1-3-19(4-2)16(20)13-7-9-15(10-8-13)23(21,22)18-12-14-6-5-11-17-14;/h7-10,14,17-18H,3-6,11-12H2,1-2H3;1H. The maximum Gasteiger partial charge on any atom is 0.253 e. The summed E-state index contributed by atoms with van der Waals surface area (Å²) in [6, 6.07) is 6.32. The molecule has 1 aliphatic heterocycles. The van der Waals surface area contributed by atoms with Crippen molar-refractivity contribution in [2.75, 3.05) is 26.2 Å². The van der Waals surface area contributed by atoms with Gasteiger partial charge in [-0.15, -0.1) is 12.4 Å². The average molecular weight is 376 g/mol. The van der Waals surface area contributed by atoms with E-state index in [2.05, 4.69) is 10.0 Å². The first-order valence-corrected chi connectivity index (χ1v) is 9.58. The highest BCUT2D eigenvalue weighted by Crippen LogP contribution is 2.13. The Bertz CT molecular complexity index is 624. The summed E-state index contributed by atoms with van der Waals surface area (Å²) in [7, 11) is -3.54. The zero-order chi connectivity index (χ0) is 16.9. The maximum absolute atomic E-state index is 12.3. The van der Waals surface area contributed by atoms with Crippen molar-refractivity contribution >= 4 is 28.3 Å². The van der Waals surface area contributed by atoms with Crippen molar-refractivity contribution in [1.82, 2.24) is 14.9 Å². The molecule has 0 radical (unpaired) electrons. The molecular formula is C16H26ClN3O3S. The molecular weight excluding hydrogens is 350 g/mol. The van der Waals surface area contributed by atoms with E-state index in [1.807, 2.05) is 13.8 Å². The highest BCUT2D eigenvalue weighted by atomic mass is 35.5. The lowest BCUT2D eigenvalue weighted by molar-refractivity contribution is 0.0773. The van der Waals surface area contributed by atoms with Crippen LogP contribution in [0, 0.1) is 0 Å². The van der Waals surface area contributed by atoms with Gasteiger partial charge in [0.05, 0.1) is 4.90 Å². The number of amides is 1. The van der Waals surface area contributed by atoms with E-state index in [1.165, 1.54) is 12.1 Å². The maximum atomic E-state index is 12.3. The van der Waals surface area contributed by atoms with Crippen molar-refractivity contribution in [2.24, 2.45) is 0 Å². The number of rotatable bonds is 7. The van der Waals surface area contributed by atoms with Crippen LogP contribution in [0.4, 0.5) is 0 Å². The third kappa shape index (κ3) is 5.17. The Morgan fingerprint density at radius 2 is 1.88 bits per heavy atom. The van der Waals surface area contributed by atoms with Crippen LogP contribution in [0.2, 0.25) is 0 Å². The number of halogens is 1. The average Bonchev–Trinajstić information content (AvgIpc) is 3.08. The Kier molecular flexibility index (Phi) is 8.15. The molecule has 1 saturated heterocycles. The summed E-state index contributed by atoms with van der Waals surface area (Å²) in [5, 5.41) is 3.25. The summed E-state index contributed by atoms with van der Waals surface area (Å²) in [6.07, 6.45) is 2.06. The molecule has 1 aromatic rings. The van der Waals surface area contributed by atoms with Gasteiger partial charge in [-0.2, -0.15) is 0 Å². The molecule has 1 heterocycles. The highest BCUT2D eigenvalue weighted by molar-refractivity contribution is 7.89. The lowest BCUT2D eigenvalue weighted by Gasteiger charge is -2.18. The molecule has 1 amide bonds. The molecule has 0 spiro atoms. The van der Waals surface area contributed by atoms with Gasteiger partial charge in [-0.25, -0.2) is 13.1 Å². The Hall–Kier alpha value is -1.15. The molecule has 8 heteroatoms. The van der Waals surface area contributed by atoms with Gasteiger partial charge in [0, 0.05) is 31.2 Å². The molecule has 1 aromatic carbocycles. The van der Waals surface area contributed by atoms with Crippen molar-refractivity contribution in [3.05, 3.63) is 29.8 Å². The number of hydrogen-bond acceptors (Lipinski definition) is 4. The minimum Gasteiger partial charge on any atom is -0.339 e. The SMILES string of the molecule is CCN(CC)C(=O)c1ccc(S(=O)(=O)NCC2CCCN2)cc1.Cl. The number of carbonyl (C=O) groups excluding carboxylic acids is 1. The minimum absolute atomic E-state index is 0. The first-order chi connectivity index (χ1) is 11.0. The smallest absolute Gasteiger partial charge is 0.253 e. The van der Waals surface area contributed by atoms with E-state index in [4.69, 9.17) is 0 Å². The van der Waals surface area contributed by atoms with E-state index in [-0.39, 0.29) is 29.3 Å². The summed E-state index contributed by atoms with van der Waals surface area (Å²) >= 11 is 0. The van der Waals surface area contributed by atoms with Gasteiger partial charge in [0.2, 0.25) is 10.0 Å². The van der Waals surface area contributed by atoms with E-state index in [1.54, 1.807) is 17.0 Å². The number of hydrogen-bond donors (Lipinski definition) is 2. The van der Waals surface area contributed by atoms with Gasteiger partial charge < -0.3 is 10.2 Å². The molecule has 1 unspecified atom stereocenters. The predicted octanol–water partition coefficient (Wildman–Crippen LogP) is 1.62. The predicted molar refractivity (Wildman–Crippen MR) is 97.2 cm³/mol. The fourth-order valence-electron chi connectivity index (χ4n) is 2.69. The van der Waals surface area contributed by atoms with Crippen molar-refractivity contribution in [1.29, 1.82) is 0 Å². The molecule has 24 heavy (non-hydrogen) atoms. The van der Waals surface area contributed by atoms with Crippen molar-refractivity contribution in [3.8, 4) is 0 Å². The van der Waals surface area contributed by atoms with Crippen LogP contribution in [-0.4, -0.2) is 51.4 Å². The van der Waals surface area contributed by atoms with Gasteiger partial charge in [-0.3, -0.25) is 4.79 Å². The number of benzene rings is 1. The summed E-state index contributed by atoms with van der Waals surface area (Å²) in [5.41, 5.74) is 0.505. The second-order valence-corrected chi connectivity index (χ2v) is 7.41. The first kappa shape index (κ1) is 20.9. The van der Waals surface area contributed by atoms with Crippen LogP contribution < -0.4 is 10.0 Å². The van der Waals surface area contributed by atoms with Crippen LogP contribution in [-0.2, 0) is 10.0 Å². The molecule has 0 aliphatic carbocycles. The fourth-order valence-corrected chi connectivity index (χ4v) is 3.78. The first-order valence-electron chi connectivity index (χ1n) is 8.10. The van der Waals surface area contributed by atoms with Gasteiger partial charge in [0.15, 0.2) is 0 Å². The quantitative estimate of drug-likeness (QED) is 0.759. The van der Waals surface area contributed by atoms with E-state index < -0.39 is 10.0 Å². The number of nitrogens with zero attached hydrogens (tertiary/aromatic N) is 1. The molecule has 2 N–H and O–H groups in total. The Labute approximate surface area is 150 Å². The molecule has 6 nitrogen and oxygen atoms in total. The zero-order valence-electron chi connectivity index (χ0n) is 14.1. The normalized spacial score (nSPS) is 17.3. The van der Waals surface area contributed by atoms with E-state index in [0.717, 1.165) is 19.4 Å². The Morgan fingerprint density at radius 1 is 1.25 bits per heavy atom. The zero-order valence-corrected chi connectivity index (χ0v) is 15.8. The molecule has 1 atom stereocenters. The summed E-state index contributed by atoms with van der Waals surface area (Å²) in [6.45, 7) is 6.43. The lowest BCUT2D eigenvalue weighted by atomic mass is 10.2. The monoisotopic (exact) mass is 375 g/mol. The summed E-state index contributed by atoms with van der Waals surface area (Å²) in [4.78, 5) is 14.1. The second-order valence-electron chi connectivity index (χ2n) is 5.65. The van der Waals surface area contributed by atoms with Crippen molar-refractivity contribution in [3.63, 3.8) is 0 Å². The molecule has 1 fully saturated rings. The van der Waals surface area contributed by atoms with Crippen molar-refractivity contribution < 1.29 is 13.2 Å². The summed E-state index contributed by atoms with van der Waals surface area (Å²) in [5.74, 6) is -0.0814. The van der Waals surface area contributed by atoms with Crippen LogP contribution in [0.5, 0.6) is 0 Å². The Morgan fingerprint density at radius 3 is 2.38 bits per heavy atom. The molecule has 0 bridgehead atoms. The van der Waals surface area contributed by atoms with Gasteiger partial charge >= 0.3 is 0 Å². The molecule has 0 saturated carbocycles. The third-order valence-corrected chi connectivity index (χ3v) is 5.58. The molecule has 1 aliphatic rings. The van der Waals surface area contributed by atoms with Crippen molar-refractivity contribution in [2.45, 2.75) is 37.6 Å². The molecule has 2 rings (SSSR count). The van der Waals surface area contributed by atoms with Crippen LogP contribution >= 0.6 is 12.4 Å². The number of carbonyl (C=O) groups is 1. The largest absolute Gasteiger partial charge is 0.339 e. The van der Waals surface area contributed by atoms with Crippen LogP contribution in [0.1, 0.15) is 37.0 Å². The number of sulfonamides is 1. The summed E-state index contributed by atoms with van der Waals surface area (Å²) < 4.78 is 27.2. The van der Waals surface area contributed by atoms with Gasteiger partial charge in [-0.1, -0.05) is 0 Å². The topological polar surface area (TPSA) is 78.5 Å². The van der Waals surface area contributed by atoms with E-state index >= 15 is 0 Å². The van der Waals surface area contributed by atoms with E-state index in [0.29, 0.717) is 25.2 Å². The molecule has 136 valence electrons. The number of nitrogens with one attached hydrogen (secondary N) is 2. The third-order valence-electron chi connectivity index (χ3n) is 4.14. The van der Waals surface area contributed by atoms with Gasteiger partial charge in [0.25, 0.3) is 5.91 Å². The van der Waals surface area contributed by atoms with Crippen LogP contribution in [0.3, 0.4) is 0 Å². The van der Waals surface area contributed by atoms with Crippen LogP contribution in [0.25, 0.3) is 0 Å². The fraction of sp³-hybridized carbons (Fsp3) is 0.562. The Balaban J connectivity index is 0.00000288.